The second-order valence-corrected chi connectivity index (χ2v) is 8.09. The molecule has 0 radical (unpaired) electrons. The van der Waals surface area contributed by atoms with Crippen molar-refractivity contribution in [3.05, 3.63) is 74.5 Å². The van der Waals surface area contributed by atoms with Gasteiger partial charge in [0, 0.05) is 10.3 Å². The van der Waals surface area contributed by atoms with E-state index in [4.69, 9.17) is 4.74 Å². The summed E-state index contributed by atoms with van der Waals surface area (Å²) in [5.74, 6) is 0. The number of nitrogens with zero attached hydrogens (tertiary/aromatic N) is 2. The van der Waals surface area contributed by atoms with Gasteiger partial charge < -0.3 is 9.84 Å². The van der Waals surface area contributed by atoms with E-state index in [9.17, 15) is 9.90 Å². The number of fused-ring (bicyclic) bond motifs is 1. The number of hydrogen-bond donors (Lipinski definition) is 1. The van der Waals surface area contributed by atoms with Gasteiger partial charge >= 0.3 is 0 Å². The van der Waals surface area contributed by atoms with Crippen LogP contribution in [-0.4, -0.2) is 27.6 Å². The first-order valence-corrected chi connectivity index (χ1v) is 10.3. The summed E-state index contributed by atoms with van der Waals surface area (Å²) in [6, 6.07) is 15.3. The third-order valence-electron chi connectivity index (χ3n) is 4.14. The molecule has 138 valence electrons. The number of benzene rings is 1. The van der Waals surface area contributed by atoms with Crippen molar-refractivity contribution in [1.29, 1.82) is 0 Å². The van der Waals surface area contributed by atoms with E-state index >= 15 is 0 Å². The Labute approximate surface area is 164 Å². The molecule has 5 nitrogen and oxygen atoms in total. The van der Waals surface area contributed by atoms with E-state index in [1.807, 2.05) is 53.2 Å². The summed E-state index contributed by atoms with van der Waals surface area (Å²) in [4.78, 5) is 14.9. The fourth-order valence-electron chi connectivity index (χ4n) is 2.90. The topological polar surface area (TPSA) is 64.4 Å². The van der Waals surface area contributed by atoms with Gasteiger partial charge in [0.25, 0.3) is 5.56 Å². The predicted molar refractivity (Wildman–Crippen MR) is 109 cm³/mol. The van der Waals surface area contributed by atoms with E-state index in [2.05, 4.69) is 5.10 Å². The van der Waals surface area contributed by atoms with Gasteiger partial charge in [0.2, 0.25) is 0 Å². The van der Waals surface area contributed by atoms with E-state index in [1.165, 1.54) is 4.68 Å². The maximum atomic E-state index is 12.8. The molecule has 3 aromatic heterocycles. The molecule has 0 spiro atoms. The standard InChI is InChI=1S/C20H18N2O3S2/c23-14(12-25-13-15-5-3-9-26-15)11-22-20(24)17-7-2-1-6-16(17)19(21-22)18-8-4-10-27-18/h1-10,14,23H,11-13H2. The van der Waals surface area contributed by atoms with Crippen LogP contribution in [0.3, 0.4) is 0 Å². The van der Waals surface area contributed by atoms with Gasteiger partial charge in [-0.1, -0.05) is 30.3 Å². The van der Waals surface area contributed by atoms with E-state index in [0.29, 0.717) is 12.0 Å². The van der Waals surface area contributed by atoms with E-state index in [1.54, 1.807) is 28.7 Å². The summed E-state index contributed by atoms with van der Waals surface area (Å²) in [7, 11) is 0. The lowest BCUT2D eigenvalue weighted by atomic mass is 10.1. The van der Waals surface area contributed by atoms with E-state index in [0.717, 1.165) is 20.8 Å². The highest BCUT2D eigenvalue weighted by atomic mass is 32.1. The molecule has 0 aliphatic rings. The van der Waals surface area contributed by atoms with Gasteiger partial charge in [0.15, 0.2) is 0 Å². The summed E-state index contributed by atoms with van der Waals surface area (Å²) in [6.45, 7) is 0.689. The zero-order chi connectivity index (χ0) is 18.6. The number of ether oxygens (including phenoxy) is 1. The molecule has 0 amide bonds. The second-order valence-electron chi connectivity index (χ2n) is 6.11. The SMILES string of the molecule is O=c1c2ccccc2c(-c2cccs2)nn1CC(O)COCc1cccs1. The Morgan fingerprint density at radius 1 is 1.04 bits per heavy atom. The van der Waals surface area contributed by atoms with Crippen molar-refractivity contribution < 1.29 is 9.84 Å². The lowest BCUT2D eigenvalue weighted by Crippen LogP contribution is -2.31. The molecule has 0 aliphatic heterocycles. The first kappa shape index (κ1) is 18.1. The van der Waals surface area contributed by atoms with Crippen molar-refractivity contribution in [2.45, 2.75) is 19.3 Å². The third kappa shape index (κ3) is 4.01. The summed E-state index contributed by atoms with van der Waals surface area (Å²) in [5.41, 5.74) is 0.551. The van der Waals surface area contributed by atoms with Crippen molar-refractivity contribution in [2.24, 2.45) is 0 Å². The molecule has 0 fully saturated rings. The Kier molecular flexibility index (Phi) is 5.45. The zero-order valence-corrected chi connectivity index (χ0v) is 16.1. The van der Waals surface area contributed by atoms with Crippen molar-refractivity contribution in [2.75, 3.05) is 6.61 Å². The van der Waals surface area contributed by atoms with Crippen molar-refractivity contribution in [1.82, 2.24) is 9.78 Å². The average Bonchev–Trinajstić information content (AvgIpc) is 3.38. The van der Waals surface area contributed by atoms with Crippen LogP contribution in [-0.2, 0) is 17.9 Å². The highest BCUT2D eigenvalue weighted by molar-refractivity contribution is 7.13. The van der Waals surface area contributed by atoms with E-state index in [-0.39, 0.29) is 18.7 Å². The summed E-state index contributed by atoms with van der Waals surface area (Å²) >= 11 is 3.18. The number of hydrogen-bond acceptors (Lipinski definition) is 6. The van der Waals surface area contributed by atoms with Crippen LogP contribution in [0.25, 0.3) is 21.3 Å². The molecule has 4 aromatic rings. The van der Waals surface area contributed by atoms with Crippen molar-refractivity contribution >= 4 is 33.4 Å². The average molecular weight is 399 g/mol. The molecule has 0 bridgehead atoms. The van der Waals surface area contributed by atoms with Crippen LogP contribution in [0.15, 0.2) is 64.1 Å². The Morgan fingerprint density at radius 3 is 2.56 bits per heavy atom. The lowest BCUT2D eigenvalue weighted by Gasteiger charge is -2.14. The molecule has 7 heteroatoms. The smallest absolute Gasteiger partial charge is 0.274 e. The molecular formula is C20H18N2O3S2. The Morgan fingerprint density at radius 2 is 1.81 bits per heavy atom. The molecule has 1 aromatic carbocycles. The van der Waals surface area contributed by atoms with Gasteiger partial charge in [-0.2, -0.15) is 5.10 Å². The summed E-state index contributed by atoms with van der Waals surface area (Å²) in [6.07, 6.45) is -0.812. The summed E-state index contributed by atoms with van der Waals surface area (Å²) < 4.78 is 6.90. The van der Waals surface area contributed by atoms with Crippen LogP contribution in [0.4, 0.5) is 0 Å². The van der Waals surface area contributed by atoms with Crippen LogP contribution < -0.4 is 5.56 Å². The monoisotopic (exact) mass is 398 g/mol. The van der Waals surface area contributed by atoms with Gasteiger partial charge in [0.05, 0.1) is 36.1 Å². The summed E-state index contributed by atoms with van der Waals surface area (Å²) in [5, 5.41) is 20.3. The fourth-order valence-corrected chi connectivity index (χ4v) is 4.26. The van der Waals surface area contributed by atoms with Crippen LogP contribution in [0.1, 0.15) is 4.88 Å². The molecule has 1 N–H and O–H groups in total. The maximum Gasteiger partial charge on any atom is 0.274 e. The fraction of sp³-hybridized carbons (Fsp3) is 0.200. The predicted octanol–water partition coefficient (Wildman–Crippen LogP) is 3.76. The van der Waals surface area contributed by atoms with Crippen LogP contribution >= 0.6 is 22.7 Å². The van der Waals surface area contributed by atoms with Crippen LogP contribution in [0.2, 0.25) is 0 Å². The molecule has 1 unspecified atom stereocenters. The number of rotatable bonds is 7. The van der Waals surface area contributed by atoms with Gasteiger partial charge in [0.1, 0.15) is 5.69 Å². The molecule has 3 heterocycles. The number of aliphatic hydroxyl groups excluding tert-OH is 1. The largest absolute Gasteiger partial charge is 0.389 e. The zero-order valence-electron chi connectivity index (χ0n) is 14.4. The van der Waals surface area contributed by atoms with Crippen molar-refractivity contribution in [3.8, 4) is 10.6 Å². The normalized spacial score (nSPS) is 12.5. The molecule has 1 atom stereocenters. The minimum Gasteiger partial charge on any atom is -0.389 e. The van der Waals surface area contributed by atoms with Crippen molar-refractivity contribution in [3.63, 3.8) is 0 Å². The molecule has 4 rings (SSSR count). The quantitative estimate of drug-likeness (QED) is 0.515. The molecule has 0 saturated carbocycles. The first-order valence-electron chi connectivity index (χ1n) is 8.54. The van der Waals surface area contributed by atoms with E-state index < -0.39 is 6.10 Å². The second kappa shape index (κ2) is 8.14. The highest BCUT2D eigenvalue weighted by Gasteiger charge is 2.15. The van der Waals surface area contributed by atoms with Gasteiger partial charge in [-0.05, 0) is 29.0 Å². The van der Waals surface area contributed by atoms with Crippen LogP contribution in [0.5, 0.6) is 0 Å². The maximum absolute atomic E-state index is 12.8. The minimum absolute atomic E-state index is 0.0898. The molecule has 27 heavy (non-hydrogen) atoms. The Bertz CT molecular complexity index is 1070. The highest BCUT2D eigenvalue weighted by Crippen LogP contribution is 2.28. The van der Waals surface area contributed by atoms with Gasteiger partial charge in [-0.15, -0.1) is 22.7 Å². The third-order valence-corrected chi connectivity index (χ3v) is 5.87. The molecule has 0 aliphatic carbocycles. The van der Waals surface area contributed by atoms with Gasteiger partial charge in [-0.25, -0.2) is 4.68 Å². The lowest BCUT2D eigenvalue weighted by molar-refractivity contribution is 0.0190. The number of thiophene rings is 2. The first-order chi connectivity index (χ1) is 13.2. The number of aliphatic hydroxyl groups is 1. The van der Waals surface area contributed by atoms with Gasteiger partial charge in [-0.3, -0.25) is 4.79 Å². The minimum atomic E-state index is -0.812. The van der Waals surface area contributed by atoms with Crippen LogP contribution in [0, 0.1) is 0 Å². The Hall–Kier alpha value is -2.32. The Balaban J connectivity index is 1.58. The number of aromatic nitrogens is 2. The molecular weight excluding hydrogens is 380 g/mol. The molecule has 0 saturated heterocycles.